The van der Waals surface area contributed by atoms with Crippen molar-refractivity contribution in [2.75, 3.05) is 36.8 Å². The molecule has 9 nitrogen and oxygen atoms in total. The highest BCUT2D eigenvalue weighted by atomic mass is 32.2. The zero-order valence-corrected chi connectivity index (χ0v) is 20.6. The lowest BCUT2D eigenvalue weighted by atomic mass is 10.2. The number of anilines is 1. The first kappa shape index (κ1) is 25.9. The topological polar surface area (TPSA) is 113 Å². The summed E-state index contributed by atoms with van der Waals surface area (Å²) >= 11 is 0. The lowest BCUT2D eigenvalue weighted by Gasteiger charge is -2.28. The van der Waals surface area contributed by atoms with Crippen molar-refractivity contribution in [1.82, 2.24) is 9.62 Å². The molecule has 0 aliphatic carbocycles. The number of halogens is 1. The van der Waals surface area contributed by atoms with E-state index >= 15 is 0 Å². The van der Waals surface area contributed by atoms with Crippen molar-refractivity contribution in [2.45, 2.75) is 30.7 Å². The quantitative estimate of drug-likeness (QED) is 0.486. The monoisotopic (exact) mass is 513 g/mol. The van der Waals surface area contributed by atoms with Crippen LogP contribution in [0.2, 0.25) is 0 Å². The third-order valence-electron chi connectivity index (χ3n) is 5.35. The summed E-state index contributed by atoms with van der Waals surface area (Å²) in [4.78, 5) is 12.7. The van der Waals surface area contributed by atoms with E-state index < -0.39 is 37.8 Å². The fourth-order valence-corrected chi connectivity index (χ4v) is 6.38. The van der Waals surface area contributed by atoms with E-state index in [9.17, 15) is 26.0 Å². The van der Waals surface area contributed by atoms with Gasteiger partial charge in [0, 0.05) is 13.1 Å². The number of benzene rings is 2. The molecule has 1 aliphatic heterocycles. The van der Waals surface area contributed by atoms with E-state index in [0.717, 1.165) is 29.5 Å². The molecule has 0 aromatic heterocycles. The Morgan fingerprint density at radius 1 is 1.12 bits per heavy atom. The van der Waals surface area contributed by atoms with Gasteiger partial charge >= 0.3 is 0 Å². The molecule has 1 amide bonds. The normalized spacial score (nSPS) is 15.6. The summed E-state index contributed by atoms with van der Waals surface area (Å²) in [6, 6.07) is 9.92. The molecule has 0 bridgehead atoms. The molecular weight excluding hydrogens is 485 g/mol. The minimum atomic E-state index is -3.85. The van der Waals surface area contributed by atoms with E-state index in [1.165, 1.54) is 41.6 Å². The molecule has 34 heavy (non-hydrogen) atoms. The van der Waals surface area contributed by atoms with E-state index in [1.54, 1.807) is 12.1 Å². The summed E-state index contributed by atoms with van der Waals surface area (Å²) in [5.41, 5.74) is 0.0466. The van der Waals surface area contributed by atoms with Crippen LogP contribution in [0.15, 0.2) is 53.4 Å². The van der Waals surface area contributed by atoms with Gasteiger partial charge in [-0.2, -0.15) is 4.31 Å². The maximum absolute atomic E-state index is 13.6. The van der Waals surface area contributed by atoms with Crippen molar-refractivity contribution in [3.63, 3.8) is 0 Å². The fraction of sp³-hybridized carbons (Fsp3) is 0.409. The third kappa shape index (κ3) is 6.24. The Hall–Kier alpha value is -2.70. The number of rotatable bonds is 10. The number of nitrogens with one attached hydrogen (secondary N) is 1. The van der Waals surface area contributed by atoms with Gasteiger partial charge in [-0.15, -0.1) is 0 Å². The van der Waals surface area contributed by atoms with E-state index in [2.05, 4.69) is 5.32 Å². The van der Waals surface area contributed by atoms with Gasteiger partial charge in [0.1, 0.15) is 24.2 Å². The summed E-state index contributed by atoms with van der Waals surface area (Å²) in [5.74, 6) is -0.767. The van der Waals surface area contributed by atoms with Gasteiger partial charge in [0.15, 0.2) is 0 Å². The second-order valence-electron chi connectivity index (χ2n) is 7.94. The van der Waals surface area contributed by atoms with E-state index in [0.29, 0.717) is 18.8 Å². The van der Waals surface area contributed by atoms with Gasteiger partial charge in [-0.1, -0.05) is 6.07 Å². The molecule has 0 radical (unpaired) electrons. The molecule has 0 spiro atoms. The molecule has 186 valence electrons. The molecule has 2 aromatic carbocycles. The highest BCUT2D eigenvalue weighted by Crippen LogP contribution is 2.23. The van der Waals surface area contributed by atoms with E-state index in [-0.39, 0.29) is 23.7 Å². The van der Waals surface area contributed by atoms with E-state index in [4.69, 9.17) is 4.74 Å². The van der Waals surface area contributed by atoms with Crippen LogP contribution in [0.25, 0.3) is 0 Å². The van der Waals surface area contributed by atoms with Gasteiger partial charge in [0.2, 0.25) is 26.0 Å². The first-order valence-corrected chi connectivity index (χ1v) is 14.0. The molecular formula is C22H28FN3O6S2. The molecule has 1 aliphatic rings. The lowest BCUT2D eigenvalue weighted by Crippen LogP contribution is -2.48. The SMILES string of the molecule is C[C@H](C(=O)NCCOc1ccc(S(=O)(=O)N2CCCC2)cc1)N(c1cccc(F)c1)S(C)(=O)=O. The predicted molar refractivity (Wildman–Crippen MR) is 126 cm³/mol. The Labute approximate surface area is 199 Å². The molecule has 3 rings (SSSR count). The molecule has 0 unspecified atom stereocenters. The number of amides is 1. The van der Waals surface area contributed by atoms with Crippen LogP contribution in [0.5, 0.6) is 5.75 Å². The van der Waals surface area contributed by atoms with Crippen LogP contribution >= 0.6 is 0 Å². The number of ether oxygens (including phenoxy) is 1. The van der Waals surface area contributed by atoms with Crippen molar-refractivity contribution in [2.24, 2.45) is 0 Å². The van der Waals surface area contributed by atoms with Crippen LogP contribution < -0.4 is 14.4 Å². The second-order valence-corrected chi connectivity index (χ2v) is 11.7. The second kappa shape index (κ2) is 10.7. The summed E-state index contributed by atoms with van der Waals surface area (Å²) in [6.07, 6.45) is 2.66. The Bertz CT molecular complexity index is 1210. The zero-order valence-electron chi connectivity index (χ0n) is 19.0. The minimum absolute atomic E-state index is 0.0466. The number of carbonyl (C=O) groups excluding carboxylic acids is 1. The Kier molecular flexibility index (Phi) is 8.16. The largest absolute Gasteiger partial charge is 0.492 e. The van der Waals surface area contributed by atoms with Gasteiger partial charge in [0.25, 0.3) is 0 Å². The number of nitrogens with zero attached hydrogens (tertiary/aromatic N) is 2. The standard InChI is InChI=1S/C22H28FN3O6S2/c1-17(26(33(2,28)29)19-7-5-6-18(23)16-19)22(27)24-12-15-32-20-8-10-21(11-9-20)34(30,31)25-13-3-4-14-25/h5-11,16-17H,3-4,12-15H2,1-2H3,(H,24,27)/t17-/m1/s1. The number of hydrogen-bond donors (Lipinski definition) is 1. The van der Waals surface area contributed by atoms with Crippen molar-refractivity contribution < 1.29 is 30.8 Å². The first-order chi connectivity index (χ1) is 16.0. The molecule has 1 heterocycles. The maximum atomic E-state index is 13.6. The van der Waals surface area contributed by atoms with Gasteiger partial charge in [0.05, 0.1) is 23.4 Å². The van der Waals surface area contributed by atoms with Crippen LogP contribution in [-0.2, 0) is 24.8 Å². The van der Waals surface area contributed by atoms with Crippen molar-refractivity contribution >= 4 is 31.6 Å². The van der Waals surface area contributed by atoms with Crippen molar-refractivity contribution in [3.05, 3.63) is 54.3 Å². The van der Waals surface area contributed by atoms with Crippen LogP contribution in [0.3, 0.4) is 0 Å². The van der Waals surface area contributed by atoms with Gasteiger partial charge in [-0.25, -0.2) is 21.2 Å². The molecule has 1 fully saturated rings. The summed E-state index contributed by atoms with van der Waals surface area (Å²) in [6.45, 7) is 2.61. The average molecular weight is 514 g/mol. The summed E-state index contributed by atoms with van der Waals surface area (Å²) < 4.78 is 71.1. The smallest absolute Gasteiger partial charge is 0.243 e. The highest BCUT2D eigenvalue weighted by molar-refractivity contribution is 7.92. The Morgan fingerprint density at radius 3 is 2.35 bits per heavy atom. The van der Waals surface area contributed by atoms with Crippen molar-refractivity contribution in [1.29, 1.82) is 0 Å². The van der Waals surface area contributed by atoms with Crippen LogP contribution in [0.4, 0.5) is 10.1 Å². The minimum Gasteiger partial charge on any atom is -0.492 e. The third-order valence-corrected chi connectivity index (χ3v) is 8.50. The Balaban J connectivity index is 1.54. The summed E-state index contributed by atoms with van der Waals surface area (Å²) in [5, 5.41) is 2.60. The van der Waals surface area contributed by atoms with Crippen LogP contribution in [0.1, 0.15) is 19.8 Å². The Morgan fingerprint density at radius 2 is 1.76 bits per heavy atom. The van der Waals surface area contributed by atoms with Crippen LogP contribution in [0, 0.1) is 5.82 Å². The fourth-order valence-electron chi connectivity index (χ4n) is 3.70. The summed E-state index contributed by atoms with van der Waals surface area (Å²) in [7, 11) is -7.36. The lowest BCUT2D eigenvalue weighted by molar-refractivity contribution is -0.121. The van der Waals surface area contributed by atoms with Crippen molar-refractivity contribution in [3.8, 4) is 5.75 Å². The first-order valence-electron chi connectivity index (χ1n) is 10.8. The molecule has 0 saturated carbocycles. The molecule has 1 saturated heterocycles. The average Bonchev–Trinajstić information content (AvgIpc) is 3.32. The zero-order chi connectivity index (χ0) is 24.9. The maximum Gasteiger partial charge on any atom is 0.243 e. The van der Waals surface area contributed by atoms with Gasteiger partial charge in [-0.3, -0.25) is 9.10 Å². The van der Waals surface area contributed by atoms with E-state index in [1.807, 2.05) is 0 Å². The predicted octanol–water partition coefficient (Wildman–Crippen LogP) is 1.96. The van der Waals surface area contributed by atoms with Gasteiger partial charge < -0.3 is 10.1 Å². The molecule has 2 aromatic rings. The molecule has 12 heteroatoms. The van der Waals surface area contributed by atoms with Gasteiger partial charge in [-0.05, 0) is 62.2 Å². The number of sulfonamides is 2. The van der Waals surface area contributed by atoms with Crippen LogP contribution in [-0.4, -0.2) is 65.6 Å². The number of carbonyl (C=O) groups is 1. The molecule has 1 N–H and O–H groups in total. The molecule has 1 atom stereocenters. The number of hydrogen-bond acceptors (Lipinski definition) is 6. The highest BCUT2D eigenvalue weighted by Gasteiger charge is 2.29.